The fourth-order valence-corrected chi connectivity index (χ4v) is 2.68. The van der Waals surface area contributed by atoms with Crippen molar-refractivity contribution in [1.82, 2.24) is 10.3 Å². The largest absolute Gasteiger partial charge is 0.363 e. The zero-order chi connectivity index (χ0) is 16.4. The van der Waals surface area contributed by atoms with Gasteiger partial charge in [0.05, 0.1) is 5.41 Å². The first-order valence-electron chi connectivity index (χ1n) is 7.68. The quantitative estimate of drug-likeness (QED) is 0.923. The van der Waals surface area contributed by atoms with Crippen molar-refractivity contribution in [3.63, 3.8) is 0 Å². The van der Waals surface area contributed by atoms with Gasteiger partial charge in [0.1, 0.15) is 11.6 Å². The van der Waals surface area contributed by atoms with E-state index in [4.69, 9.17) is 0 Å². The highest BCUT2D eigenvalue weighted by Gasteiger charge is 2.51. The van der Waals surface area contributed by atoms with Crippen molar-refractivity contribution in [3.8, 4) is 0 Å². The maximum absolute atomic E-state index is 13.0. The second kappa shape index (κ2) is 5.99. The molecule has 1 aromatic heterocycles. The molecule has 0 saturated heterocycles. The first-order valence-corrected chi connectivity index (χ1v) is 7.68. The van der Waals surface area contributed by atoms with E-state index in [0.29, 0.717) is 6.54 Å². The lowest BCUT2D eigenvalue weighted by Crippen LogP contribution is -2.34. The fourth-order valence-electron chi connectivity index (χ4n) is 2.68. The summed E-state index contributed by atoms with van der Waals surface area (Å²) in [4.78, 5) is 18.8. The van der Waals surface area contributed by atoms with Crippen molar-refractivity contribution in [2.45, 2.75) is 24.8 Å². The normalized spacial score (nSPS) is 15.1. The van der Waals surface area contributed by atoms with Crippen molar-refractivity contribution < 1.29 is 9.18 Å². The van der Waals surface area contributed by atoms with Gasteiger partial charge in [0.25, 0.3) is 0 Å². The number of nitrogens with one attached hydrogen (secondary N) is 1. The van der Waals surface area contributed by atoms with Gasteiger partial charge in [0.15, 0.2) is 0 Å². The lowest BCUT2D eigenvalue weighted by atomic mass is 9.95. The summed E-state index contributed by atoms with van der Waals surface area (Å²) in [5, 5.41) is 2.98. The summed E-state index contributed by atoms with van der Waals surface area (Å²) in [6.45, 7) is 0.447. The molecule has 0 spiro atoms. The maximum Gasteiger partial charge on any atom is 0.230 e. The van der Waals surface area contributed by atoms with Gasteiger partial charge in [-0.05, 0) is 42.2 Å². The number of benzene rings is 1. The van der Waals surface area contributed by atoms with Crippen LogP contribution < -0.4 is 10.2 Å². The monoisotopic (exact) mass is 313 g/mol. The third kappa shape index (κ3) is 3.18. The minimum Gasteiger partial charge on any atom is -0.363 e. The number of aromatic nitrogens is 1. The first kappa shape index (κ1) is 15.5. The van der Waals surface area contributed by atoms with Gasteiger partial charge >= 0.3 is 0 Å². The summed E-state index contributed by atoms with van der Waals surface area (Å²) in [5.41, 5.74) is 1.36. The Morgan fingerprint density at radius 2 is 1.91 bits per heavy atom. The van der Waals surface area contributed by atoms with Crippen LogP contribution in [0.3, 0.4) is 0 Å². The second-order valence-corrected chi connectivity index (χ2v) is 6.19. The summed E-state index contributed by atoms with van der Waals surface area (Å²) in [6.07, 6.45) is 3.39. The Morgan fingerprint density at radius 3 is 2.43 bits per heavy atom. The van der Waals surface area contributed by atoms with E-state index in [-0.39, 0.29) is 11.7 Å². The van der Waals surface area contributed by atoms with Crippen LogP contribution in [0.2, 0.25) is 0 Å². The standard InChI is InChI=1S/C18H20FN3O/c1-22(2)16-8-3-13(11-20-16)12-21-17(23)18(9-10-18)14-4-6-15(19)7-5-14/h3-8,11H,9-10,12H2,1-2H3,(H,21,23). The minimum absolute atomic E-state index is 0.000735. The van der Waals surface area contributed by atoms with E-state index >= 15 is 0 Å². The third-order valence-electron chi connectivity index (χ3n) is 4.30. The molecule has 23 heavy (non-hydrogen) atoms. The molecule has 120 valence electrons. The molecule has 1 aliphatic carbocycles. The van der Waals surface area contributed by atoms with Gasteiger partial charge in [0, 0.05) is 26.8 Å². The molecule has 0 radical (unpaired) electrons. The van der Waals surface area contributed by atoms with Crippen LogP contribution in [0.4, 0.5) is 10.2 Å². The summed E-state index contributed by atoms with van der Waals surface area (Å²) in [7, 11) is 3.87. The van der Waals surface area contributed by atoms with Crippen LogP contribution >= 0.6 is 0 Å². The van der Waals surface area contributed by atoms with E-state index in [1.165, 1.54) is 12.1 Å². The summed E-state index contributed by atoms with van der Waals surface area (Å²) in [5.74, 6) is 0.600. The van der Waals surface area contributed by atoms with Crippen molar-refractivity contribution >= 4 is 11.7 Å². The molecule has 0 atom stereocenters. The Hall–Kier alpha value is -2.43. The number of hydrogen-bond donors (Lipinski definition) is 1. The Morgan fingerprint density at radius 1 is 1.22 bits per heavy atom. The molecule has 1 aliphatic rings. The van der Waals surface area contributed by atoms with Crippen molar-refractivity contribution in [3.05, 3.63) is 59.5 Å². The number of anilines is 1. The van der Waals surface area contributed by atoms with Crippen LogP contribution in [-0.2, 0) is 16.8 Å². The number of hydrogen-bond acceptors (Lipinski definition) is 3. The summed E-state index contributed by atoms with van der Waals surface area (Å²) < 4.78 is 13.0. The third-order valence-corrected chi connectivity index (χ3v) is 4.30. The second-order valence-electron chi connectivity index (χ2n) is 6.19. The zero-order valence-corrected chi connectivity index (χ0v) is 13.3. The molecule has 0 bridgehead atoms. The lowest BCUT2D eigenvalue weighted by molar-refractivity contribution is -0.123. The van der Waals surface area contributed by atoms with Crippen LogP contribution in [0.1, 0.15) is 24.0 Å². The van der Waals surface area contributed by atoms with Gasteiger partial charge in [-0.3, -0.25) is 4.79 Å². The van der Waals surface area contributed by atoms with E-state index in [1.54, 1.807) is 18.3 Å². The van der Waals surface area contributed by atoms with Crippen LogP contribution in [0.5, 0.6) is 0 Å². The van der Waals surface area contributed by atoms with Gasteiger partial charge < -0.3 is 10.2 Å². The highest BCUT2D eigenvalue weighted by Crippen LogP contribution is 2.48. The van der Waals surface area contributed by atoms with E-state index in [2.05, 4.69) is 10.3 Å². The molecule has 1 amide bonds. The molecule has 1 N–H and O–H groups in total. The molecule has 5 heteroatoms. The number of carbonyl (C=O) groups is 1. The lowest BCUT2D eigenvalue weighted by Gasteiger charge is -2.16. The van der Waals surface area contributed by atoms with Gasteiger partial charge in [-0.25, -0.2) is 9.37 Å². The molecule has 2 aromatic rings. The Labute approximate surface area is 135 Å². The number of amides is 1. The van der Waals surface area contributed by atoms with Gasteiger partial charge in [-0.2, -0.15) is 0 Å². The predicted octanol–water partition coefficient (Wildman–Crippen LogP) is 2.63. The number of halogens is 1. The minimum atomic E-state index is -0.481. The van der Waals surface area contributed by atoms with Gasteiger partial charge in [0.2, 0.25) is 5.91 Å². The van der Waals surface area contributed by atoms with E-state index < -0.39 is 5.41 Å². The van der Waals surface area contributed by atoms with Crippen molar-refractivity contribution in [2.75, 3.05) is 19.0 Å². The average molecular weight is 313 g/mol. The molecule has 0 unspecified atom stereocenters. The molecule has 4 nitrogen and oxygen atoms in total. The summed E-state index contributed by atoms with van der Waals surface area (Å²) in [6, 6.07) is 10.1. The smallest absolute Gasteiger partial charge is 0.230 e. The molecule has 3 rings (SSSR count). The van der Waals surface area contributed by atoms with Crippen molar-refractivity contribution in [2.24, 2.45) is 0 Å². The Balaban J connectivity index is 1.64. The van der Waals surface area contributed by atoms with Crippen LogP contribution in [0.25, 0.3) is 0 Å². The molecule has 1 heterocycles. The highest BCUT2D eigenvalue weighted by atomic mass is 19.1. The summed E-state index contributed by atoms with van der Waals surface area (Å²) >= 11 is 0. The SMILES string of the molecule is CN(C)c1ccc(CNC(=O)C2(c3ccc(F)cc3)CC2)cn1. The highest BCUT2D eigenvalue weighted by molar-refractivity contribution is 5.91. The van der Waals surface area contributed by atoms with Crippen LogP contribution in [0, 0.1) is 5.82 Å². The predicted molar refractivity (Wildman–Crippen MR) is 87.7 cm³/mol. The fraction of sp³-hybridized carbons (Fsp3) is 0.333. The van der Waals surface area contributed by atoms with Crippen LogP contribution in [-0.4, -0.2) is 25.0 Å². The molecular weight excluding hydrogens is 293 g/mol. The number of nitrogens with zero attached hydrogens (tertiary/aromatic N) is 2. The number of pyridine rings is 1. The van der Waals surface area contributed by atoms with E-state index in [0.717, 1.165) is 29.8 Å². The first-order chi connectivity index (χ1) is 11.0. The Kier molecular flexibility index (Phi) is 4.03. The van der Waals surface area contributed by atoms with E-state index in [9.17, 15) is 9.18 Å². The zero-order valence-electron chi connectivity index (χ0n) is 13.3. The molecule has 1 fully saturated rings. The average Bonchev–Trinajstić information content (AvgIpc) is 3.35. The number of rotatable bonds is 5. The Bertz CT molecular complexity index is 691. The molecular formula is C18H20FN3O. The van der Waals surface area contributed by atoms with E-state index in [1.807, 2.05) is 31.1 Å². The maximum atomic E-state index is 13.0. The molecule has 0 aliphatic heterocycles. The molecule has 1 saturated carbocycles. The van der Waals surface area contributed by atoms with Crippen molar-refractivity contribution in [1.29, 1.82) is 0 Å². The van der Waals surface area contributed by atoms with Gasteiger partial charge in [-0.15, -0.1) is 0 Å². The number of carbonyl (C=O) groups excluding carboxylic acids is 1. The van der Waals surface area contributed by atoms with Crippen LogP contribution in [0.15, 0.2) is 42.6 Å². The topological polar surface area (TPSA) is 45.2 Å². The molecule has 1 aromatic carbocycles. The van der Waals surface area contributed by atoms with Gasteiger partial charge in [-0.1, -0.05) is 18.2 Å².